The summed E-state index contributed by atoms with van der Waals surface area (Å²) < 4.78 is 9.25. The third kappa shape index (κ3) is 4.79. The van der Waals surface area contributed by atoms with Gasteiger partial charge in [0.05, 0.1) is 7.11 Å². The van der Waals surface area contributed by atoms with Crippen molar-refractivity contribution in [3.63, 3.8) is 0 Å². The van der Waals surface area contributed by atoms with Gasteiger partial charge in [0.1, 0.15) is 6.61 Å². The van der Waals surface area contributed by atoms with Crippen molar-refractivity contribution in [3.8, 4) is 0 Å². The van der Waals surface area contributed by atoms with E-state index in [1.165, 1.54) is 14.0 Å². The van der Waals surface area contributed by atoms with Crippen molar-refractivity contribution in [1.29, 1.82) is 0 Å². The van der Waals surface area contributed by atoms with Crippen LogP contribution in [-0.4, -0.2) is 37.6 Å². The fourth-order valence-electron chi connectivity index (χ4n) is 1.34. The molecule has 0 unspecified atom stereocenters. The highest BCUT2D eigenvalue weighted by Crippen LogP contribution is 2.00. The molecule has 1 aromatic rings. The molecular formula is C13H15NO5. The maximum Gasteiger partial charge on any atom is 0.331 e. The highest BCUT2D eigenvalue weighted by molar-refractivity contribution is 5.96. The van der Waals surface area contributed by atoms with E-state index in [0.717, 1.165) is 0 Å². The summed E-state index contributed by atoms with van der Waals surface area (Å²) in [6.07, 6.45) is 0. The summed E-state index contributed by atoms with van der Waals surface area (Å²) in [6.45, 7) is 0.952. The second kappa shape index (κ2) is 7.15. The van der Waals surface area contributed by atoms with E-state index in [9.17, 15) is 14.4 Å². The van der Waals surface area contributed by atoms with Crippen LogP contribution in [0.25, 0.3) is 0 Å². The van der Waals surface area contributed by atoms with E-state index >= 15 is 0 Å². The van der Waals surface area contributed by atoms with Gasteiger partial charge in [0, 0.05) is 12.5 Å². The molecule has 1 rings (SSSR count). The summed E-state index contributed by atoms with van der Waals surface area (Å²) in [5.74, 6) is -1.66. The zero-order chi connectivity index (χ0) is 14.3. The van der Waals surface area contributed by atoms with E-state index in [1.54, 1.807) is 30.3 Å². The van der Waals surface area contributed by atoms with Crippen LogP contribution in [0, 0.1) is 0 Å². The van der Waals surface area contributed by atoms with Crippen LogP contribution in [0.5, 0.6) is 0 Å². The number of ether oxygens (including phenoxy) is 2. The molecule has 0 spiro atoms. The Hall–Kier alpha value is -2.37. The number of carbonyl (C=O) groups excluding carboxylic acids is 3. The Labute approximate surface area is 110 Å². The largest absolute Gasteiger partial charge is 0.467 e. The van der Waals surface area contributed by atoms with Crippen LogP contribution in [0.2, 0.25) is 0 Å². The number of nitrogens with one attached hydrogen (secondary N) is 1. The fraction of sp³-hybridized carbons (Fsp3) is 0.308. The number of amides is 1. The number of hydrogen-bond donors (Lipinski definition) is 1. The fourth-order valence-corrected chi connectivity index (χ4v) is 1.34. The average Bonchev–Trinajstić information content (AvgIpc) is 2.43. The quantitative estimate of drug-likeness (QED) is 0.785. The number of benzene rings is 1. The van der Waals surface area contributed by atoms with Gasteiger partial charge in [0.2, 0.25) is 0 Å². The van der Waals surface area contributed by atoms with Crippen LogP contribution in [0.4, 0.5) is 0 Å². The van der Waals surface area contributed by atoms with Crippen molar-refractivity contribution in [2.45, 2.75) is 13.0 Å². The van der Waals surface area contributed by atoms with Crippen molar-refractivity contribution in [2.24, 2.45) is 0 Å². The summed E-state index contributed by atoms with van der Waals surface area (Å²) in [4.78, 5) is 34.1. The molecule has 0 aliphatic rings. The van der Waals surface area contributed by atoms with Gasteiger partial charge in [-0.15, -0.1) is 0 Å². The molecule has 6 nitrogen and oxygen atoms in total. The predicted octanol–water partition coefficient (Wildman–Crippen LogP) is 0.521. The minimum absolute atomic E-state index is 0.263. The topological polar surface area (TPSA) is 81.7 Å². The molecular weight excluding hydrogens is 250 g/mol. The van der Waals surface area contributed by atoms with Gasteiger partial charge >= 0.3 is 11.9 Å². The Morgan fingerprint density at radius 1 is 1.21 bits per heavy atom. The molecule has 0 aromatic heterocycles. The molecule has 0 saturated carbocycles. The molecule has 0 heterocycles. The smallest absolute Gasteiger partial charge is 0.331 e. The lowest BCUT2D eigenvalue weighted by Gasteiger charge is -2.16. The van der Waals surface area contributed by atoms with Gasteiger partial charge in [-0.2, -0.15) is 0 Å². The van der Waals surface area contributed by atoms with Gasteiger partial charge in [-0.1, -0.05) is 18.2 Å². The Morgan fingerprint density at radius 2 is 1.84 bits per heavy atom. The molecule has 0 bridgehead atoms. The molecule has 0 fully saturated rings. The van der Waals surface area contributed by atoms with Crippen LogP contribution in [0.3, 0.4) is 0 Å². The number of hydrogen-bond acceptors (Lipinski definition) is 5. The molecule has 102 valence electrons. The molecule has 0 saturated heterocycles. The molecule has 6 heteroatoms. The van der Waals surface area contributed by atoms with Crippen molar-refractivity contribution in [1.82, 2.24) is 5.32 Å². The van der Waals surface area contributed by atoms with Crippen LogP contribution >= 0.6 is 0 Å². The minimum atomic E-state index is -1.03. The maximum absolute atomic E-state index is 11.9. The Balaban J connectivity index is 2.69. The molecule has 1 N–H and O–H groups in total. The first-order chi connectivity index (χ1) is 9.04. The van der Waals surface area contributed by atoms with Gasteiger partial charge in [-0.3, -0.25) is 9.59 Å². The number of methoxy groups -OCH3 is 1. The average molecular weight is 265 g/mol. The highest BCUT2D eigenvalue weighted by Gasteiger charge is 2.23. The lowest BCUT2D eigenvalue weighted by atomic mass is 10.2. The van der Waals surface area contributed by atoms with E-state index in [0.29, 0.717) is 5.56 Å². The van der Waals surface area contributed by atoms with Crippen molar-refractivity contribution in [2.75, 3.05) is 13.7 Å². The lowest BCUT2D eigenvalue weighted by molar-refractivity contribution is -0.148. The van der Waals surface area contributed by atoms with Gasteiger partial charge in [-0.05, 0) is 12.1 Å². The third-order valence-electron chi connectivity index (χ3n) is 2.28. The SMILES string of the molecule is COC(=O)[C@H](COC(C)=O)NC(=O)c1ccccc1. The minimum Gasteiger partial charge on any atom is -0.467 e. The molecule has 19 heavy (non-hydrogen) atoms. The van der Waals surface area contributed by atoms with E-state index in [4.69, 9.17) is 4.74 Å². The van der Waals surface area contributed by atoms with Crippen LogP contribution in [0.1, 0.15) is 17.3 Å². The van der Waals surface area contributed by atoms with Gasteiger partial charge in [0.15, 0.2) is 6.04 Å². The molecule has 1 aromatic carbocycles. The van der Waals surface area contributed by atoms with Crippen molar-refractivity contribution in [3.05, 3.63) is 35.9 Å². The highest BCUT2D eigenvalue weighted by atomic mass is 16.5. The van der Waals surface area contributed by atoms with Gasteiger partial charge < -0.3 is 14.8 Å². The first kappa shape index (κ1) is 14.7. The van der Waals surface area contributed by atoms with Gasteiger partial charge in [-0.25, -0.2) is 4.79 Å². The first-order valence-corrected chi connectivity index (χ1v) is 5.61. The van der Waals surface area contributed by atoms with Crippen LogP contribution in [0.15, 0.2) is 30.3 Å². The molecule has 0 radical (unpaired) electrons. The Kier molecular flexibility index (Phi) is 5.53. The van der Waals surface area contributed by atoms with Gasteiger partial charge in [0.25, 0.3) is 5.91 Å². The van der Waals surface area contributed by atoms with E-state index in [-0.39, 0.29) is 6.61 Å². The Bertz CT molecular complexity index is 457. The second-order valence-corrected chi connectivity index (χ2v) is 3.72. The molecule has 1 amide bonds. The number of rotatable bonds is 5. The summed E-state index contributed by atoms with van der Waals surface area (Å²) in [6, 6.07) is 7.36. The number of esters is 2. The van der Waals surface area contributed by atoms with Crippen molar-refractivity contribution < 1.29 is 23.9 Å². The molecule has 0 aliphatic carbocycles. The van der Waals surface area contributed by atoms with Crippen LogP contribution < -0.4 is 5.32 Å². The lowest BCUT2D eigenvalue weighted by Crippen LogP contribution is -2.45. The zero-order valence-electron chi connectivity index (χ0n) is 10.7. The summed E-state index contributed by atoms with van der Waals surface area (Å²) in [5, 5.41) is 2.45. The molecule has 0 aliphatic heterocycles. The van der Waals surface area contributed by atoms with Crippen molar-refractivity contribution >= 4 is 17.8 Å². The summed E-state index contributed by atoms with van der Waals surface area (Å²) in [5.41, 5.74) is 0.402. The predicted molar refractivity (Wildman–Crippen MR) is 66.3 cm³/mol. The molecule has 1 atom stereocenters. The monoisotopic (exact) mass is 265 g/mol. The van der Waals surface area contributed by atoms with E-state index in [1.807, 2.05) is 0 Å². The third-order valence-corrected chi connectivity index (χ3v) is 2.28. The first-order valence-electron chi connectivity index (χ1n) is 5.61. The second-order valence-electron chi connectivity index (χ2n) is 3.72. The normalized spacial score (nSPS) is 11.3. The zero-order valence-corrected chi connectivity index (χ0v) is 10.7. The summed E-state index contributed by atoms with van der Waals surface area (Å²) in [7, 11) is 1.19. The summed E-state index contributed by atoms with van der Waals surface area (Å²) >= 11 is 0. The maximum atomic E-state index is 11.9. The Morgan fingerprint density at radius 3 is 2.37 bits per heavy atom. The standard InChI is InChI=1S/C13H15NO5/c1-9(15)19-8-11(13(17)18-2)14-12(16)10-6-4-3-5-7-10/h3-7,11H,8H2,1-2H3,(H,14,16)/t11-/m0/s1. The van der Waals surface area contributed by atoms with E-state index in [2.05, 4.69) is 10.1 Å². The number of carbonyl (C=O) groups is 3. The van der Waals surface area contributed by atoms with Crippen LogP contribution in [-0.2, 0) is 19.1 Å². The van der Waals surface area contributed by atoms with E-state index < -0.39 is 23.9 Å².